The van der Waals surface area contributed by atoms with Gasteiger partial charge in [0.2, 0.25) is 0 Å². The van der Waals surface area contributed by atoms with Gasteiger partial charge in [0.15, 0.2) is 0 Å². The Bertz CT molecular complexity index is 645. The highest BCUT2D eigenvalue weighted by molar-refractivity contribution is 7.84. The van der Waals surface area contributed by atoms with Crippen molar-refractivity contribution in [3.05, 3.63) is 70.0 Å². The highest BCUT2D eigenvalue weighted by Crippen LogP contribution is 2.17. The lowest BCUT2D eigenvalue weighted by molar-refractivity contribution is -0.384. The lowest BCUT2D eigenvalue weighted by Crippen LogP contribution is -1.98. The van der Waals surface area contributed by atoms with Crippen LogP contribution in [0.1, 0.15) is 5.56 Å². The molecule has 0 radical (unpaired) electrons. The molecule has 0 aliphatic rings. The number of nitro benzene ring substituents is 1. The van der Waals surface area contributed by atoms with Crippen LogP contribution < -0.4 is 0 Å². The minimum atomic E-state index is -1.43. The summed E-state index contributed by atoms with van der Waals surface area (Å²) in [6.07, 6.45) is 0. The third-order valence-electron chi connectivity index (χ3n) is 2.48. The second kappa shape index (κ2) is 5.71. The first-order valence-electron chi connectivity index (χ1n) is 5.43. The van der Waals surface area contributed by atoms with E-state index in [2.05, 4.69) is 0 Å². The lowest BCUT2D eigenvalue weighted by Gasteiger charge is -2.03. The normalized spacial score (nSPS) is 12.1. The van der Waals surface area contributed by atoms with Gasteiger partial charge in [-0.1, -0.05) is 18.2 Å². The van der Waals surface area contributed by atoms with Crippen molar-refractivity contribution < 1.29 is 13.5 Å². The molecule has 6 heteroatoms. The molecule has 0 spiro atoms. The summed E-state index contributed by atoms with van der Waals surface area (Å²) >= 11 is 0. The summed E-state index contributed by atoms with van der Waals surface area (Å²) in [5, 5.41) is 10.6. The van der Waals surface area contributed by atoms with Crippen LogP contribution in [-0.4, -0.2) is 9.13 Å². The van der Waals surface area contributed by atoms with Crippen LogP contribution in [0.3, 0.4) is 0 Å². The second-order valence-electron chi connectivity index (χ2n) is 3.87. The zero-order valence-electron chi connectivity index (χ0n) is 9.78. The maximum atomic E-state index is 13.0. The van der Waals surface area contributed by atoms with Crippen molar-refractivity contribution >= 4 is 16.5 Å². The summed E-state index contributed by atoms with van der Waals surface area (Å²) in [6.45, 7) is 0. The maximum absolute atomic E-state index is 13.0. The molecule has 2 aromatic carbocycles. The van der Waals surface area contributed by atoms with Crippen molar-refractivity contribution in [3.8, 4) is 0 Å². The molecule has 2 rings (SSSR count). The number of rotatable bonds is 4. The molecule has 1 atom stereocenters. The van der Waals surface area contributed by atoms with Crippen LogP contribution >= 0.6 is 0 Å². The van der Waals surface area contributed by atoms with E-state index >= 15 is 0 Å². The van der Waals surface area contributed by atoms with Crippen LogP contribution in [0.25, 0.3) is 0 Å². The van der Waals surface area contributed by atoms with Gasteiger partial charge in [-0.25, -0.2) is 4.39 Å². The Balaban J connectivity index is 2.19. The van der Waals surface area contributed by atoms with Gasteiger partial charge in [0.05, 0.1) is 21.5 Å². The van der Waals surface area contributed by atoms with E-state index in [4.69, 9.17) is 0 Å². The fraction of sp³-hybridized carbons (Fsp3) is 0.0769. The number of nitro groups is 1. The number of halogens is 1. The highest BCUT2D eigenvalue weighted by Gasteiger charge is 2.10. The molecule has 98 valence electrons. The van der Waals surface area contributed by atoms with Gasteiger partial charge in [-0.05, 0) is 23.8 Å². The highest BCUT2D eigenvalue weighted by atomic mass is 32.2. The molecule has 0 fully saturated rings. The molecule has 0 bridgehead atoms. The molecular weight excluding hydrogens is 269 g/mol. The van der Waals surface area contributed by atoms with E-state index in [1.54, 1.807) is 12.1 Å². The molecule has 0 heterocycles. The molecule has 0 aliphatic carbocycles. The van der Waals surface area contributed by atoms with Crippen molar-refractivity contribution in [3.63, 3.8) is 0 Å². The number of non-ortho nitro benzene ring substituents is 1. The van der Waals surface area contributed by atoms with Crippen molar-refractivity contribution in [2.45, 2.75) is 10.6 Å². The Morgan fingerprint density at radius 2 is 1.89 bits per heavy atom. The summed E-state index contributed by atoms with van der Waals surface area (Å²) in [6, 6.07) is 11.5. The van der Waals surface area contributed by atoms with E-state index in [0.29, 0.717) is 10.5 Å². The average Bonchev–Trinajstić information content (AvgIpc) is 2.39. The molecule has 0 N–H and O–H groups in total. The first-order valence-corrected chi connectivity index (χ1v) is 6.75. The molecule has 4 nitrogen and oxygen atoms in total. The average molecular weight is 279 g/mol. The summed E-state index contributed by atoms with van der Waals surface area (Å²) in [5.41, 5.74) is 0.533. The molecule has 0 saturated heterocycles. The third-order valence-corrected chi connectivity index (χ3v) is 3.85. The van der Waals surface area contributed by atoms with Crippen LogP contribution in [0.4, 0.5) is 10.1 Å². The molecule has 0 saturated carbocycles. The Hall–Kier alpha value is -2.08. The molecule has 0 amide bonds. The number of nitrogens with zero attached hydrogens (tertiary/aromatic N) is 1. The molecule has 0 aliphatic heterocycles. The molecule has 0 aromatic heterocycles. The monoisotopic (exact) mass is 279 g/mol. The number of hydrogen-bond donors (Lipinski definition) is 0. The topological polar surface area (TPSA) is 60.2 Å². The number of hydrogen-bond acceptors (Lipinski definition) is 3. The van der Waals surface area contributed by atoms with Gasteiger partial charge in [0.1, 0.15) is 5.82 Å². The van der Waals surface area contributed by atoms with Crippen molar-refractivity contribution in [2.75, 3.05) is 0 Å². The minimum absolute atomic E-state index is 0.0475. The van der Waals surface area contributed by atoms with Gasteiger partial charge in [-0.15, -0.1) is 0 Å². The predicted molar refractivity (Wildman–Crippen MR) is 69.6 cm³/mol. The van der Waals surface area contributed by atoms with Crippen molar-refractivity contribution in [1.82, 2.24) is 0 Å². The summed E-state index contributed by atoms with van der Waals surface area (Å²) in [5.74, 6) is -0.338. The van der Waals surface area contributed by atoms with Gasteiger partial charge in [0, 0.05) is 17.0 Å². The standard InChI is InChI=1S/C13H10FNO3S/c14-11-4-2-6-13(8-11)19(18)9-10-3-1-5-12(7-10)15(16)17/h1-8H,9H2. The van der Waals surface area contributed by atoms with Gasteiger partial charge in [-0.2, -0.15) is 0 Å². The Morgan fingerprint density at radius 1 is 1.16 bits per heavy atom. The molecule has 2 aromatic rings. The maximum Gasteiger partial charge on any atom is 0.269 e. The molecule has 19 heavy (non-hydrogen) atoms. The van der Waals surface area contributed by atoms with Gasteiger partial charge in [-0.3, -0.25) is 14.3 Å². The van der Waals surface area contributed by atoms with Gasteiger partial charge < -0.3 is 0 Å². The Morgan fingerprint density at radius 3 is 2.58 bits per heavy atom. The lowest BCUT2D eigenvalue weighted by atomic mass is 10.2. The predicted octanol–water partition coefficient (Wildman–Crippen LogP) is 3.04. The van der Waals surface area contributed by atoms with E-state index in [1.807, 2.05) is 0 Å². The van der Waals surface area contributed by atoms with Gasteiger partial charge in [0.25, 0.3) is 5.69 Å². The van der Waals surface area contributed by atoms with Crippen molar-refractivity contribution in [2.24, 2.45) is 0 Å². The Kier molecular flexibility index (Phi) is 4.01. The van der Waals surface area contributed by atoms with E-state index in [9.17, 15) is 18.7 Å². The van der Waals surface area contributed by atoms with Crippen LogP contribution in [-0.2, 0) is 16.6 Å². The summed E-state index contributed by atoms with van der Waals surface area (Å²) < 4.78 is 25.0. The first-order chi connectivity index (χ1) is 9.06. The van der Waals surface area contributed by atoms with Crippen LogP contribution in [0.15, 0.2) is 53.4 Å². The fourth-order valence-electron chi connectivity index (χ4n) is 1.60. The Labute approximate surface area is 111 Å². The molecule has 1 unspecified atom stereocenters. The van der Waals surface area contributed by atoms with E-state index < -0.39 is 21.5 Å². The van der Waals surface area contributed by atoms with E-state index in [1.165, 1.54) is 36.4 Å². The van der Waals surface area contributed by atoms with E-state index in [-0.39, 0.29) is 11.4 Å². The summed E-state index contributed by atoms with van der Waals surface area (Å²) in [4.78, 5) is 10.5. The van der Waals surface area contributed by atoms with Gasteiger partial charge >= 0.3 is 0 Å². The fourth-order valence-corrected chi connectivity index (χ4v) is 2.73. The SMILES string of the molecule is O=[N+]([O-])c1cccc(CS(=O)c2cccc(F)c2)c1. The quantitative estimate of drug-likeness (QED) is 0.638. The summed E-state index contributed by atoms with van der Waals surface area (Å²) in [7, 11) is -1.43. The van der Waals surface area contributed by atoms with E-state index in [0.717, 1.165) is 0 Å². The zero-order chi connectivity index (χ0) is 13.8. The molecular formula is C13H10FNO3S. The smallest absolute Gasteiger partial charge is 0.258 e. The van der Waals surface area contributed by atoms with Crippen LogP contribution in [0, 0.1) is 15.9 Å². The van der Waals surface area contributed by atoms with Crippen LogP contribution in [0.5, 0.6) is 0 Å². The van der Waals surface area contributed by atoms with Crippen molar-refractivity contribution in [1.29, 1.82) is 0 Å². The zero-order valence-corrected chi connectivity index (χ0v) is 10.6. The second-order valence-corrected chi connectivity index (χ2v) is 5.33. The largest absolute Gasteiger partial charge is 0.269 e. The third kappa shape index (κ3) is 3.45. The number of benzene rings is 2. The minimum Gasteiger partial charge on any atom is -0.258 e. The van der Waals surface area contributed by atoms with Crippen LogP contribution in [0.2, 0.25) is 0 Å². The first kappa shape index (κ1) is 13.4.